The number of rotatable bonds is 7. The maximum absolute atomic E-state index is 13.7. The lowest BCUT2D eigenvalue weighted by Crippen LogP contribution is -2.34. The number of carbonyl (C=O) groups excluding carboxylic acids is 2. The minimum absolute atomic E-state index is 0.0248. The first-order valence-electron chi connectivity index (χ1n) is 9.80. The van der Waals surface area contributed by atoms with Gasteiger partial charge in [0.25, 0.3) is 0 Å². The molecule has 2 N–H and O–H groups in total. The highest BCUT2D eigenvalue weighted by Gasteiger charge is 2.17. The van der Waals surface area contributed by atoms with Gasteiger partial charge in [0.15, 0.2) is 22.6 Å². The summed E-state index contributed by atoms with van der Waals surface area (Å²) < 4.78 is 41.9. The monoisotopic (exact) mass is 470 g/mol. The number of aromatic nitrogens is 2. The van der Waals surface area contributed by atoms with Crippen molar-refractivity contribution in [1.29, 1.82) is 0 Å². The lowest BCUT2D eigenvalue weighted by molar-refractivity contribution is -0.122. The van der Waals surface area contributed by atoms with Crippen LogP contribution in [0.1, 0.15) is 0 Å². The molecule has 4 aromatic rings. The van der Waals surface area contributed by atoms with Gasteiger partial charge in [0.2, 0.25) is 11.8 Å². The zero-order valence-corrected chi connectivity index (χ0v) is 17.8. The summed E-state index contributed by atoms with van der Waals surface area (Å²) in [6.07, 6.45) is 0. The lowest BCUT2D eigenvalue weighted by atomic mass is 10.2. The van der Waals surface area contributed by atoms with Gasteiger partial charge in [-0.25, -0.2) is 18.2 Å². The number of hydrogen-bond acceptors (Lipinski definition) is 4. The van der Waals surface area contributed by atoms with Crippen LogP contribution in [0.3, 0.4) is 0 Å². The Labute approximate surface area is 190 Å². The molecule has 0 aliphatic heterocycles. The molecule has 0 atom stereocenters. The molecule has 0 saturated carbocycles. The van der Waals surface area contributed by atoms with Crippen molar-refractivity contribution in [2.45, 2.75) is 5.16 Å². The predicted octanol–water partition coefficient (Wildman–Crippen LogP) is 4.29. The third-order valence-corrected chi connectivity index (χ3v) is 5.57. The second-order valence-corrected chi connectivity index (χ2v) is 7.83. The van der Waals surface area contributed by atoms with Crippen LogP contribution in [-0.4, -0.2) is 33.7 Å². The molecule has 4 rings (SSSR count). The molecule has 1 aromatic heterocycles. The molecule has 1 heterocycles. The van der Waals surface area contributed by atoms with Crippen LogP contribution in [0.15, 0.2) is 71.9 Å². The number of thioether (sulfide) groups is 1. The van der Waals surface area contributed by atoms with Gasteiger partial charge in [-0.1, -0.05) is 42.1 Å². The molecule has 0 radical (unpaired) electrons. The standard InChI is InChI=1S/C23H17F3N4O2S/c24-15-10-11-17(22(26)21(15)25)28-19(31)12-27-20(32)13-33-23-29-16-8-4-5-9-18(16)30(23)14-6-2-1-3-7-14/h1-11H,12-13H2,(H,27,32)(H,28,31). The number of nitrogens with zero attached hydrogens (tertiary/aromatic N) is 2. The quantitative estimate of drug-likeness (QED) is 0.312. The number of para-hydroxylation sites is 3. The van der Waals surface area contributed by atoms with Gasteiger partial charge in [-0.05, 0) is 36.4 Å². The number of anilines is 1. The third kappa shape index (κ3) is 5.01. The minimum Gasteiger partial charge on any atom is -0.346 e. The molecule has 2 amide bonds. The Morgan fingerprint density at radius 2 is 1.61 bits per heavy atom. The highest BCUT2D eigenvalue weighted by molar-refractivity contribution is 7.99. The molecule has 0 saturated heterocycles. The fraction of sp³-hybridized carbons (Fsp3) is 0.0870. The van der Waals surface area contributed by atoms with Gasteiger partial charge in [0.1, 0.15) is 0 Å². The van der Waals surface area contributed by atoms with Crippen LogP contribution in [0, 0.1) is 17.5 Å². The zero-order valence-electron chi connectivity index (χ0n) is 17.0. The van der Waals surface area contributed by atoms with Crippen LogP contribution in [0.25, 0.3) is 16.7 Å². The molecule has 0 unspecified atom stereocenters. The number of nitrogens with one attached hydrogen (secondary N) is 2. The number of hydrogen-bond donors (Lipinski definition) is 2. The first-order valence-corrected chi connectivity index (χ1v) is 10.8. The molecule has 6 nitrogen and oxygen atoms in total. The molecule has 0 aliphatic rings. The summed E-state index contributed by atoms with van der Waals surface area (Å²) >= 11 is 1.19. The van der Waals surface area contributed by atoms with Crippen molar-refractivity contribution < 1.29 is 22.8 Å². The zero-order chi connectivity index (χ0) is 23.4. The average molecular weight is 470 g/mol. The summed E-state index contributed by atoms with van der Waals surface area (Å²) in [6.45, 7) is -0.465. The van der Waals surface area contributed by atoms with Crippen molar-refractivity contribution >= 4 is 40.3 Å². The fourth-order valence-corrected chi connectivity index (χ4v) is 3.96. The van der Waals surface area contributed by atoms with E-state index in [1.165, 1.54) is 11.8 Å². The summed E-state index contributed by atoms with van der Waals surface area (Å²) in [5.74, 6) is -5.82. The van der Waals surface area contributed by atoms with Crippen molar-refractivity contribution in [2.24, 2.45) is 0 Å². The molecule has 0 bridgehead atoms. The Morgan fingerprint density at radius 3 is 2.39 bits per heavy atom. The van der Waals surface area contributed by atoms with Gasteiger partial charge < -0.3 is 10.6 Å². The van der Waals surface area contributed by atoms with Crippen LogP contribution in [0.4, 0.5) is 18.9 Å². The van der Waals surface area contributed by atoms with Crippen LogP contribution in [0.5, 0.6) is 0 Å². The van der Waals surface area contributed by atoms with Crippen LogP contribution in [0.2, 0.25) is 0 Å². The van der Waals surface area contributed by atoms with Crippen molar-refractivity contribution in [2.75, 3.05) is 17.6 Å². The van der Waals surface area contributed by atoms with Gasteiger partial charge in [-0.3, -0.25) is 14.2 Å². The summed E-state index contributed by atoms with van der Waals surface area (Å²) in [7, 11) is 0. The minimum atomic E-state index is -1.69. The van der Waals surface area contributed by atoms with E-state index in [2.05, 4.69) is 15.6 Å². The Hall–Kier alpha value is -3.79. The predicted molar refractivity (Wildman–Crippen MR) is 120 cm³/mol. The topological polar surface area (TPSA) is 76.0 Å². The Balaban J connectivity index is 1.39. The summed E-state index contributed by atoms with van der Waals surface area (Å²) in [4.78, 5) is 28.8. The SMILES string of the molecule is O=C(CSc1nc2ccccc2n1-c1ccccc1)NCC(=O)Nc1ccc(F)c(F)c1F. The van der Waals surface area contributed by atoms with Crippen molar-refractivity contribution in [3.05, 3.63) is 84.2 Å². The van der Waals surface area contributed by atoms with E-state index in [1.807, 2.05) is 59.2 Å². The summed E-state index contributed by atoms with van der Waals surface area (Å²) in [5, 5.41) is 5.11. The average Bonchev–Trinajstić information content (AvgIpc) is 3.21. The molecule has 10 heteroatoms. The van der Waals surface area contributed by atoms with E-state index >= 15 is 0 Å². The van der Waals surface area contributed by atoms with Gasteiger partial charge in [0, 0.05) is 5.69 Å². The van der Waals surface area contributed by atoms with Crippen molar-refractivity contribution in [3.63, 3.8) is 0 Å². The van der Waals surface area contributed by atoms with E-state index in [9.17, 15) is 22.8 Å². The molecule has 168 valence electrons. The van der Waals surface area contributed by atoms with E-state index in [4.69, 9.17) is 0 Å². The second-order valence-electron chi connectivity index (χ2n) is 6.89. The van der Waals surface area contributed by atoms with Crippen LogP contribution < -0.4 is 10.6 Å². The fourth-order valence-electron chi connectivity index (χ4n) is 3.10. The number of carbonyl (C=O) groups is 2. The van der Waals surface area contributed by atoms with E-state index in [1.54, 1.807) is 0 Å². The lowest BCUT2D eigenvalue weighted by Gasteiger charge is -2.10. The Morgan fingerprint density at radius 1 is 0.879 bits per heavy atom. The number of imidazole rings is 1. The van der Waals surface area contributed by atoms with Gasteiger partial charge in [-0.2, -0.15) is 0 Å². The maximum atomic E-state index is 13.7. The van der Waals surface area contributed by atoms with Crippen LogP contribution in [-0.2, 0) is 9.59 Å². The highest BCUT2D eigenvalue weighted by atomic mass is 32.2. The van der Waals surface area contributed by atoms with E-state index < -0.39 is 41.5 Å². The largest absolute Gasteiger partial charge is 0.346 e. The Bertz CT molecular complexity index is 1330. The van der Waals surface area contributed by atoms with Crippen LogP contribution >= 0.6 is 11.8 Å². The summed E-state index contributed by atoms with van der Waals surface area (Å²) in [6, 6.07) is 18.8. The van der Waals surface area contributed by atoms with E-state index in [-0.39, 0.29) is 5.75 Å². The number of halogens is 3. The van der Waals surface area contributed by atoms with Crippen molar-refractivity contribution in [3.8, 4) is 5.69 Å². The molecule has 0 fully saturated rings. The Kier molecular flexibility index (Phi) is 6.64. The number of amides is 2. The van der Waals surface area contributed by atoms with Gasteiger partial charge in [-0.15, -0.1) is 0 Å². The van der Waals surface area contributed by atoms with Gasteiger partial charge >= 0.3 is 0 Å². The first-order chi connectivity index (χ1) is 15.9. The number of benzene rings is 3. The highest BCUT2D eigenvalue weighted by Crippen LogP contribution is 2.27. The molecular formula is C23H17F3N4O2S. The summed E-state index contributed by atoms with van der Waals surface area (Å²) in [5.41, 5.74) is 2.04. The maximum Gasteiger partial charge on any atom is 0.243 e. The third-order valence-electron chi connectivity index (χ3n) is 4.63. The molecule has 0 aliphatic carbocycles. The normalized spacial score (nSPS) is 10.9. The first kappa shape index (κ1) is 22.4. The molecule has 33 heavy (non-hydrogen) atoms. The second kappa shape index (κ2) is 9.78. The smallest absolute Gasteiger partial charge is 0.243 e. The number of fused-ring (bicyclic) bond motifs is 1. The van der Waals surface area contributed by atoms with E-state index in [0.717, 1.165) is 22.8 Å². The molecule has 3 aromatic carbocycles. The molecular weight excluding hydrogens is 453 g/mol. The van der Waals surface area contributed by atoms with Gasteiger partial charge in [0.05, 0.1) is 29.0 Å². The van der Waals surface area contributed by atoms with Crippen molar-refractivity contribution in [1.82, 2.24) is 14.9 Å². The van der Waals surface area contributed by atoms with E-state index in [0.29, 0.717) is 11.2 Å². The molecule has 0 spiro atoms.